The molecule has 8 rings (SSSR count). The first-order chi connectivity index (χ1) is 20.8. The summed E-state index contributed by atoms with van der Waals surface area (Å²) in [6.07, 6.45) is 3.44. The van der Waals surface area contributed by atoms with Gasteiger partial charge >= 0.3 is 0 Å². The van der Waals surface area contributed by atoms with Crippen molar-refractivity contribution >= 4 is 22.2 Å². The number of pyridine rings is 1. The Morgan fingerprint density at radius 1 is 0.381 bits per heavy atom. The van der Waals surface area contributed by atoms with Gasteiger partial charge in [0.15, 0.2) is 28.6 Å². The van der Waals surface area contributed by atoms with Crippen LogP contribution in [0.4, 0.5) is 0 Å². The van der Waals surface area contributed by atoms with Gasteiger partial charge in [0.1, 0.15) is 11.0 Å². The topological polar surface area (TPSA) is 104 Å². The van der Waals surface area contributed by atoms with Crippen molar-refractivity contribution in [3.05, 3.63) is 122 Å². The lowest BCUT2D eigenvalue weighted by Gasteiger charge is -2.08. The number of hydrogen-bond acceptors (Lipinski definition) is 8. The first-order valence-electron chi connectivity index (χ1n) is 13.4. The Morgan fingerprint density at radius 2 is 0.833 bits per heavy atom. The minimum atomic E-state index is 0.517. The van der Waals surface area contributed by atoms with Gasteiger partial charge in [-0.05, 0) is 72.8 Å². The van der Waals surface area contributed by atoms with Crippen LogP contribution in [0.1, 0.15) is 0 Å². The molecule has 198 valence electrons. The summed E-state index contributed by atoms with van der Waals surface area (Å²) in [6, 6.07) is 34.9. The second-order valence-corrected chi connectivity index (χ2v) is 9.68. The van der Waals surface area contributed by atoms with Crippen LogP contribution in [0.15, 0.2) is 130 Å². The summed E-state index contributed by atoms with van der Waals surface area (Å²) in [5.41, 5.74) is 7.06. The fraction of sp³-hybridized carbons (Fsp3) is 0. The van der Waals surface area contributed by atoms with E-state index in [-0.39, 0.29) is 0 Å². The zero-order valence-corrected chi connectivity index (χ0v) is 22.0. The number of rotatable bonds is 5. The van der Waals surface area contributed by atoms with Crippen molar-refractivity contribution < 1.29 is 8.83 Å². The molecule has 0 fully saturated rings. The van der Waals surface area contributed by atoms with Crippen molar-refractivity contribution in [1.29, 1.82) is 0 Å². The molecule has 0 spiro atoms. The minimum Gasteiger partial charge on any atom is -0.436 e. The van der Waals surface area contributed by atoms with E-state index in [4.69, 9.17) is 33.8 Å². The molecule has 0 aliphatic heterocycles. The number of benzene rings is 4. The van der Waals surface area contributed by atoms with Gasteiger partial charge in [-0.2, -0.15) is 0 Å². The Balaban J connectivity index is 1.24. The quantitative estimate of drug-likeness (QED) is 0.215. The van der Waals surface area contributed by atoms with E-state index in [0.29, 0.717) is 40.4 Å². The maximum atomic E-state index is 6.02. The maximum Gasteiger partial charge on any atom is 0.227 e. The molecule has 4 aromatic carbocycles. The Hall–Kier alpha value is -6.02. The molecular weight excluding hydrogens is 524 g/mol. The summed E-state index contributed by atoms with van der Waals surface area (Å²) in [7, 11) is 0. The summed E-state index contributed by atoms with van der Waals surface area (Å²) in [4.78, 5) is 28.2. The summed E-state index contributed by atoms with van der Waals surface area (Å²) in [5.74, 6) is 2.69. The lowest BCUT2D eigenvalue weighted by molar-refractivity contribution is 0.619. The van der Waals surface area contributed by atoms with Crippen LogP contribution in [0.3, 0.4) is 0 Å². The van der Waals surface area contributed by atoms with Crippen molar-refractivity contribution in [2.24, 2.45) is 0 Å². The number of fused-ring (bicyclic) bond motifs is 2. The van der Waals surface area contributed by atoms with E-state index < -0.39 is 0 Å². The average molecular weight is 545 g/mol. The largest absolute Gasteiger partial charge is 0.436 e. The molecule has 0 saturated carbocycles. The standard InChI is InChI=1S/C34H20N6O2/c1-3-7-22(8-4-1)33-36-26-19-24(11-13-28(26)41-33)31-38-30(21-15-17-35-18-16-21)39-32(40-31)25-12-14-29-27(20-25)37-34(42-29)23-9-5-2-6-10-23/h1-20H. The SMILES string of the molecule is c1ccc(-c2nc3cc(-c4nc(-c5ccncc5)nc(-c5ccc6oc(-c7ccccc7)nc6c5)n4)ccc3o2)cc1. The van der Waals surface area contributed by atoms with Crippen molar-refractivity contribution in [2.75, 3.05) is 0 Å². The van der Waals surface area contributed by atoms with E-state index in [1.807, 2.05) is 109 Å². The fourth-order valence-corrected chi connectivity index (χ4v) is 4.81. The average Bonchev–Trinajstić information content (AvgIpc) is 3.70. The van der Waals surface area contributed by atoms with Crippen molar-refractivity contribution in [2.45, 2.75) is 0 Å². The zero-order chi connectivity index (χ0) is 27.9. The molecule has 0 aliphatic rings. The van der Waals surface area contributed by atoms with Crippen LogP contribution in [0.2, 0.25) is 0 Å². The van der Waals surface area contributed by atoms with Crippen LogP contribution >= 0.6 is 0 Å². The molecule has 0 bridgehead atoms. The summed E-state index contributed by atoms with van der Waals surface area (Å²) in [5, 5.41) is 0. The van der Waals surface area contributed by atoms with Gasteiger partial charge in [-0.15, -0.1) is 0 Å². The van der Waals surface area contributed by atoms with Gasteiger partial charge in [0, 0.05) is 40.2 Å². The van der Waals surface area contributed by atoms with Crippen molar-refractivity contribution in [3.8, 4) is 57.1 Å². The first kappa shape index (κ1) is 23.8. The normalized spacial score (nSPS) is 11.3. The highest BCUT2D eigenvalue weighted by atomic mass is 16.4. The van der Waals surface area contributed by atoms with E-state index in [0.717, 1.165) is 38.9 Å². The molecule has 0 aliphatic carbocycles. The highest BCUT2D eigenvalue weighted by molar-refractivity contribution is 5.83. The van der Waals surface area contributed by atoms with Gasteiger partial charge in [0.05, 0.1) is 0 Å². The molecule has 8 heteroatoms. The summed E-state index contributed by atoms with van der Waals surface area (Å²) >= 11 is 0. The molecule has 42 heavy (non-hydrogen) atoms. The first-order valence-corrected chi connectivity index (χ1v) is 13.4. The lowest BCUT2D eigenvalue weighted by atomic mass is 10.1. The third kappa shape index (κ3) is 4.37. The molecule has 4 aromatic heterocycles. The molecule has 0 amide bonds. The highest BCUT2D eigenvalue weighted by Crippen LogP contribution is 2.31. The third-order valence-electron chi connectivity index (χ3n) is 6.91. The van der Waals surface area contributed by atoms with E-state index in [9.17, 15) is 0 Å². The smallest absolute Gasteiger partial charge is 0.227 e. The van der Waals surface area contributed by atoms with Crippen molar-refractivity contribution in [3.63, 3.8) is 0 Å². The van der Waals surface area contributed by atoms with Gasteiger partial charge in [0.2, 0.25) is 11.8 Å². The molecule has 0 atom stereocenters. The van der Waals surface area contributed by atoms with Gasteiger partial charge in [-0.1, -0.05) is 36.4 Å². The Bertz CT molecular complexity index is 2060. The Morgan fingerprint density at radius 3 is 1.31 bits per heavy atom. The Labute approximate surface area is 239 Å². The van der Waals surface area contributed by atoms with E-state index in [1.165, 1.54) is 0 Å². The van der Waals surface area contributed by atoms with Crippen LogP contribution in [0.5, 0.6) is 0 Å². The van der Waals surface area contributed by atoms with Gasteiger partial charge < -0.3 is 8.83 Å². The van der Waals surface area contributed by atoms with Crippen LogP contribution in [-0.2, 0) is 0 Å². The predicted molar refractivity (Wildman–Crippen MR) is 160 cm³/mol. The van der Waals surface area contributed by atoms with Gasteiger partial charge in [0.25, 0.3) is 0 Å². The fourth-order valence-electron chi connectivity index (χ4n) is 4.81. The number of aromatic nitrogens is 6. The minimum absolute atomic E-state index is 0.517. The van der Waals surface area contributed by atoms with E-state index >= 15 is 0 Å². The lowest BCUT2D eigenvalue weighted by Crippen LogP contribution is -2.00. The predicted octanol–water partition coefficient (Wildman–Crippen LogP) is 7.88. The van der Waals surface area contributed by atoms with Crippen LogP contribution in [0, 0.1) is 0 Å². The molecule has 0 saturated heterocycles. The third-order valence-corrected chi connectivity index (χ3v) is 6.91. The number of hydrogen-bond donors (Lipinski definition) is 0. The molecule has 0 unspecified atom stereocenters. The van der Waals surface area contributed by atoms with Crippen LogP contribution in [0.25, 0.3) is 79.3 Å². The molecule has 8 aromatic rings. The summed E-state index contributed by atoms with van der Waals surface area (Å²) < 4.78 is 12.0. The molecule has 0 radical (unpaired) electrons. The second-order valence-electron chi connectivity index (χ2n) is 9.68. The highest BCUT2D eigenvalue weighted by Gasteiger charge is 2.16. The van der Waals surface area contributed by atoms with Crippen LogP contribution < -0.4 is 0 Å². The van der Waals surface area contributed by atoms with E-state index in [2.05, 4.69) is 4.98 Å². The molecule has 8 nitrogen and oxygen atoms in total. The molecular formula is C34H20N6O2. The van der Waals surface area contributed by atoms with Crippen LogP contribution in [-0.4, -0.2) is 29.9 Å². The van der Waals surface area contributed by atoms with Gasteiger partial charge in [-0.25, -0.2) is 24.9 Å². The van der Waals surface area contributed by atoms with Gasteiger partial charge in [-0.3, -0.25) is 4.98 Å². The summed E-state index contributed by atoms with van der Waals surface area (Å²) in [6.45, 7) is 0. The van der Waals surface area contributed by atoms with Crippen molar-refractivity contribution in [1.82, 2.24) is 29.9 Å². The number of oxazole rings is 2. The number of nitrogens with zero attached hydrogens (tertiary/aromatic N) is 6. The van der Waals surface area contributed by atoms with E-state index in [1.54, 1.807) is 12.4 Å². The molecule has 0 N–H and O–H groups in total. The monoisotopic (exact) mass is 544 g/mol. The maximum absolute atomic E-state index is 6.02. The second kappa shape index (κ2) is 9.87. The molecule has 4 heterocycles. The Kier molecular flexibility index (Phi) is 5.60. The zero-order valence-electron chi connectivity index (χ0n) is 22.0.